The number of aromatic nitrogens is 5. The maximum absolute atomic E-state index is 4.21. The largest absolute Gasteiger partial charge is 0.361 e. The van der Waals surface area contributed by atoms with Crippen LogP contribution in [0.2, 0.25) is 0 Å². The van der Waals surface area contributed by atoms with Gasteiger partial charge >= 0.3 is 0 Å². The molecule has 3 rings (SSSR count). The number of halogens is 1. The molecule has 0 bridgehead atoms. The first kappa shape index (κ1) is 7.02. The van der Waals surface area contributed by atoms with E-state index in [9.17, 15) is 0 Å². The van der Waals surface area contributed by atoms with Crippen LogP contribution in [0.5, 0.6) is 0 Å². The van der Waals surface area contributed by atoms with Gasteiger partial charge in [0.05, 0.1) is 4.47 Å². The Hall–Kier alpha value is -1.43. The predicted octanol–water partition coefficient (Wildman–Crippen LogP) is 0.188. The molecule has 3 heterocycles. The lowest BCUT2D eigenvalue weighted by molar-refractivity contribution is -0.674. The second-order valence-corrected chi connectivity index (χ2v) is 3.53. The van der Waals surface area contributed by atoms with Crippen molar-refractivity contribution >= 4 is 27.2 Å². The van der Waals surface area contributed by atoms with Gasteiger partial charge in [0.2, 0.25) is 6.20 Å². The van der Waals surface area contributed by atoms with Crippen LogP contribution in [-0.4, -0.2) is 14.5 Å². The number of rotatable bonds is 0. The molecule has 0 aliphatic rings. The predicted molar refractivity (Wildman–Crippen MR) is 47.2 cm³/mol. The monoisotopic (exact) mass is 237 g/mol. The van der Waals surface area contributed by atoms with Gasteiger partial charge < -0.3 is 4.98 Å². The summed E-state index contributed by atoms with van der Waals surface area (Å²) in [6, 6.07) is 0. The van der Waals surface area contributed by atoms with E-state index >= 15 is 0 Å². The maximum atomic E-state index is 4.21. The van der Waals surface area contributed by atoms with E-state index < -0.39 is 0 Å². The van der Waals surface area contributed by atoms with Gasteiger partial charge in [0, 0.05) is 12.4 Å². The number of hydrogen-bond donors (Lipinski definition) is 0. The molecule has 6 heteroatoms. The molecule has 0 aliphatic heterocycles. The topological polar surface area (TPSA) is 48.4 Å². The van der Waals surface area contributed by atoms with Gasteiger partial charge in [-0.05, 0) is 22.1 Å². The van der Waals surface area contributed by atoms with E-state index in [1.54, 1.807) is 17.0 Å². The molecule has 0 saturated carbocycles. The first-order valence-electron chi connectivity index (χ1n) is 3.68. The zero-order chi connectivity index (χ0) is 8.84. The van der Waals surface area contributed by atoms with Gasteiger partial charge in [0.25, 0.3) is 0 Å². The van der Waals surface area contributed by atoms with Gasteiger partial charge in [-0.3, -0.25) is 0 Å². The zero-order valence-corrected chi connectivity index (χ0v) is 8.01. The normalized spacial score (nSPS) is 11.5. The molecule has 64 valence electrons. The number of hydrogen-bond acceptors (Lipinski definition) is 2. The van der Waals surface area contributed by atoms with E-state index in [-0.39, 0.29) is 0 Å². The minimum absolute atomic E-state index is 0.648. The first-order valence-corrected chi connectivity index (χ1v) is 4.47. The minimum Gasteiger partial charge on any atom is -0.361 e. The highest BCUT2D eigenvalue weighted by molar-refractivity contribution is 9.10. The maximum Gasteiger partial charge on any atom is 0.217 e. The summed E-state index contributed by atoms with van der Waals surface area (Å²) in [5.41, 5.74) is 1.41. The molecule has 0 amide bonds. The van der Waals surface area contributed by atoms with E-state index in [4.69, 9.17) is 0 Å². The highest BCUT2D eigenvalue weighted by Crippen LogP contribution is 2.07. The van der Waals surface area contributed by atoms with Crippen LogP contribution >= 0.6 is 15.9 Å². The molecule has 0 N–H and O–H groups in total. The van der Waals surface area contributed by atoms with Gasteiger partial charge in [-0.1, -0.05) is 4.63 Å². The van der Waals surface area contributed by atoms with E-state index in [2.05, 4.69) is 31.0 Å². The van der Waals surface area contributed by atoms with Crippen molar-refractivity contribution in [2.75, 3.05) is 0 Å². The third-order valence-corrected chi connectivity index (χ3v) is 2.19. The summed E-state index contributed by atoms with van der Waals surface area (Å²) in [5, 5.41) is 4.21. The van der Waals surface area contributed by atoms with E-state index in [0.29, 0.717) is 5.65 Å². The van der Waals surface area contributed by atoms with Gasteiger partial charge in [-0.25, -0.2) is 4.98 Å². The summed E-state index contributed by atoms with van der Waals surface area (Å²) >= 11 is 3.36. The fraction of sp³-hybridized carbons (Fsp3) is 0. The van der Waals surface area contributed by atoms with Crippen LogP contribution in [0.3, 0.4) is 0 Å². The Morgan fingerprint density at radius 2 is 2.23 bits per heavy atom. The molecule has 0 fully saturated rings. The summed E-state index contributed by atoms with van der Waals surface area (Å²) in [7, 11) is 0. The molecule has 0 aromatic carbocycles. The van der Waals surface area contributed by atoms with Gasteiger partial charge in [-0.2, -0.15) is 4.52 Å². The molecule has 3 aromatic rings. The standard InChI is InChI=1S/C7H4BrN5/c8-5-3-12-7-6(9-1-2-10-7)11-13(12)4-5/h1-4H. The van der Waals surface area contributed by atoms with Crippen LogP contribution < -0.4 is 9.73 Å². The van der Waals surface area contributed by atoms with Crippen molar-refractivity contribution in [2.45, 2.75) is 0 Å². The Labute approximate surface area is 81.1 Å². The fourth-order valence-corrected chi connectivity index (χ4v) is 1.65. The van der Waals surface area contributed by atoms with Crippen LogP contribution in [0.25, 0.3) is 11.3 Å². The molecule has 0 saturated heterocycles. The van der Waals surface area contributed by atoms with Crippen molar-refractivity contribution in [3.05, 3.63) is 29.3 Å². The highest BCUT2D eigenvalue weighted by Gasteiger charge is 2.06. The third-order valence-electron chi connectivity index (χ3n) is 1.78. The number of fused-ring (bicyclic) bond motifs is 3. The van der Waals surface area contributed by atoms with Crippen molar-refractivity contribution in [2.24, 2.45) is 0 Å². The summed E-state index contributed by atoms with van der Waals surface area (Å²) in [6.45, 7) is 0. The Morgan fingerprint density at radius 3 is 3.15 bits per heavy atom. The Bertz CT molecular complexity index is 581. The number of nitrogens with zero attached hydrogens (tertiary/aromatic N) is 5. The van der Waals surface area contributed by atoms with Crippen LogP contribution in [0.4, 0.5) is 0 Å². The van der Waals surface area contributed by atoms with Crippen LogP contribution in [0.15, 0.2) is 29.3 Å². The highest BCUT2D eigenvalue weighted by atomic mass is 79.9. The molecule has 5 nitrogen and oxygen atoms in total. The first-order chi connectivity index (χ1) is 6.34. The average Bonchev–Trinajstić information content (AvgIpc) is 2.60. The van der Waals surface area contributed by atoms with E-state index in [1.165, 1.54) is 0 Å². The lowest BCUT2D eigenvalue weighted by Gasteiger charge is -1.87. The molecular formula is C7H4BrN5. The SMILES string of the molecule is Brc1cn2c3nccnc3[n-][n+]2c1. The Kier molecular flexibility index (Phi) is 1.24. The van der Waals surface area contributed by atoms with Gasteiger partial charge in [0.15, 0.2) is 5.65 Å². The average molecular weight is 238 g/mol. The van der Waals surface area contributed by atoms with Crippen LogP contribution in [0.1, 0.15) is 0 Å². The lowest BCUT2D eigenvalue weighted by Crippen LogP contribution is -2.28. The fourth-order valence-electron chi connectivity index (χ4n) is 1.27. The summed E-state index contributed by atoms with van der Waals surface area (Å²) < 4.78 is 4.48. The third kappa shape index (κ3) is 0.888. The molecule has 3 aromatic heterocycles. The second kappa shape index (κ2) is 2.29. The van der Waals surface area contributed by atoms with Crippen LogP contribution in [-0.2, 0) is 0 Å². The van der Waals surface area contributed by atoms with Crippen molar-refractivity contribution in [1.82, 2.24) is 19.6 Å². The molecule has 0 atom stereocenters. The van der Waals surface area contributed by atoms with Crippen LogP contribution in [0, 0.1) is 0 Å². The molecule has 13 heavy (non-hydrogen) atoms. The molecule has 0 aliphatic carbocycles. The summed E-state index contributed by atoms with van der Waals surface area (Å²) in [5.74, 6) is 0. The molecular weight excluding hydrogens is 234 g/mol. The smallest absolute Gasteiger partial charge is 0.217 e. The quantitative estimate of drug-likeness (QED) is 0.525. The molecule has 0 spiro atoms. The molecule has 0 radical (unpaired) electrons. The van der Waals surface area contributed by atoms with Crippen molar-refractivity contribution in [3.8, 4) is 0 Å². The Balaban J connectivity index is 2.60. The lowest BCUT2D eigenvalue weighted by atomic mass is 10.6. The van der Waals surface area contributed by atoms with E-state index in [0.717, 1.165) is 10.1 Å². The molecule has 0 unspecified atom stereocenters. The van der Waals surface area contributed by atoms with Crippen molar-refractivity contribution in [1.29, 1.82) is 0 Å². The van der Waals surface area contributed by atoms with Gasteiger partial charge in [-0.15, -0.1) is 5.10 Å². The van der Waals surface area contributed by atoms with Crippen molar-refractivity contribution in [3.63, 3.8) is 0 Å². The zero-order valence-electron chi connectivity index (χ0n) is 6.42. The van der Waals surface area contributed by atoms with E-state index in [1.807, 2.05) is 16.9 Å². The Morgan fingerprint density at radius 1 is 1.38 bits per heavy atom. The van der Waals surface area contributed by atoms with Crippen molar-refractivity contribution < 1.29 is 4.63 Å². The minimum atomic E-state index is 0.648. The van der Waals surface area contributed by atoms with Gasteiger partial charge in [0.1, 0.15) is 5.65 Å². The summed E-state index contributed by atoms with van der Waals surface area (Å²) in [4.78, 5) is 8.27. The second-order valence-electron chi connectivity index (χ2n) is 2.61. The summed E-state index contributed by atoms with van der Waals surface area (Å²) in [6.07, 6.45) is 7.02.